The van der Waals surface area contributed by atoms with Crippen LogP contribution in [0.2, 0.25) is 0 Å². The van der Waals surface area contributed by atoms with E-state index in [1.807, 2.05) is 11.4 Å². The van der Waals surface area contributed by atoms with E-state index in [9.17, 15) is 0 Å². The summed E-state index contributed by atoms with van der Waals surface area (Å²) in [7, 11) is 0. The van der Waals surface area contributed by atoms with Crippen LogP contribution < -0.4 is 5.73 Å². The molecular weight excluding hydrogens is 170 g/mol. The number of hydrogen-bond donors (Lipinski definition) is 1. The lowest BCUT2D eigenvalue weighted by molar-refractivity contribution is 1.32. The molecule has 0 fully saturated rings. The number of rotatable bonds is 1. The van der Waals surface area contributed by atoms with Crippen molar-refractivity contribution >= 4 is 17.0 Å². The van der Waals surface area contributed by atoms with Crippen LogP contribution in [0.1, 0.15) is 0 Å². The zero-order chi connectivity index (χ0) is 8.39. The van der Waals surface area contributed by atoms with Crippen molar-refractivity contribution in [2.24, 2.45) is 0 Å². The lowest BCUT2D eigenvalue weighted by atomic mass is 10.2. The predicted octanol–water partition coefficient (Wildman–Crippen LogP) is 1.79. The Morgan fingerprint density at radius 3 is 2.92 bits per heavy atom. The van der Waals surface area contributed by atoms with E-state index in [0.29, 0.717) is 5.69 Å². The fraction of sp³-hybridized carbons (Fsp3) is 0. The molecule has 2 rings (SSSR count). The van der Waals surface area contributed by atoms with Crippen molar-refractivity contribution in [1.29, 1.82) is 0 Å². The summed E-state index contributed by atoms with van der Waals surface area (Å²) in [5, 5.41) is 2.87. The summed E-state index contributed by atoms with van der Waals surface area (Å²) < 4.78 is 0. The summed E-state index contributed by atoms with van der Waals surface area (Å²) in [5.74, 6) is 0. The quantitative estimate of drug-likeness (QED) is 0.722. The third-order valence-electron chi connectivity index (χ3n) is 1.51. The molecule has 2 N–H and O–H groups in total. The standard InChI is InChI=1S/C8H7N3S/c9-7-5-10-2-1-6(7)8-11-3-4-12-8/h1-5H,9H2. The Kier molecular flexibility index (Phi) is 1.75. The first-order valence-corrected chi connectivity index (χ1v) is 4.35. The average molecular weight is 177 g/mol. The van der Waals surface area contributed by atoms with Crippen molar-refractivity contribution in [3.8, 4) is 10.6 Å². The third kappa shape index (κ3) is 1.16. The summed E-state index contributed by atoms with van der Waals surface area (Å²) in [5.41, 5.74) is 7.35. The first-order valence-electron chi connectivity index (χ1n) is 3.47. The van der Waals surface area contributed by atoms with Gasteiger partial charge in [-0.25, -0.2) is 4.98 Å². The zero-order valence-electron chi connectivity index (χ0n) is 6.27. The van der Waals surface area contributed by atoms with Crippen molar-refractivity contribution < 1.29 is 0 Å². The summed E-state index contributed by atoms with van der Waals surface area (Å²) >= 11 is 1.57. The van der Waals surface area contributed by atoms with Crippen LogP contribution in [-0.4, -0.2) is 9.97 Å². The molecule has 2 aromatic rings. The Morgan fingerprint density at radius 1 is 1.33 bits per heavy atom. The molecule has 0 aliphatic heterocycles. The summed E-state index contributed by atoms with van der Waals surface area (Å²) in [6, 6.07) is 1.87. The van der Waals surface area contributed by atoms with Gasteiger partial charge in [-0.3, -0.25) is 4.98 Å². The molecule has 0 saturated carbocycles. The fourth-order valence-electron chi connectivity index (χ4n) is 0.958. The molecule has 2 heterocycles. The van der Waals surface area contributed by atoms with E-state index in [1.165, 1.54) is 0 Å². The number of nitrogen functional groups attached to an aromatic ring is 1. The van der Waals surface area contributed by atoms with Gasteiger partial charge in [-0.15, -0.1) is 11.3 Å². The number of nitrogens with zero attached hydrogens (tertiary/aromatic N) is 2. The smallest absolute Gasteiger partial charge is 0.125 e. The molecule has 60 valence electrons. The Bertz CT molecular complexity index is 370. The highest BCUT2D eigenvalue weighted by atomic mass is 32.1. The molecule has 0 saturated heterocycles. The van der Waals surface area contributed by atoms with Gasteiger partial charge in [-0.05, 0) is 6.07 Å². The fourth-order valence-corrected chi connectivity index (χ4v) is 1.64. The molecule has 4 heteroatoms. The van der Waals surface area contributed by atoms with Crippen molar-refractivity contribution in [1.82, 2.24) is 9.97 Å². The van der Waals surface area contributed by atoms with Gasteiger partial charge in [0.15, 0.2) is 0 Å². The number of nitrogens with two attached hydrogens (primary N) is 1. The van der Waals surface area contributed by atoms with Gasteiger partial charge in [0.2, 0.25) is 0 Å². The average Bonchev–Trinajstić information content (AvgIpc) is 2.57. The van der Waals surface area contributed by atoms with E-state index in [0.717, 1.165) is 10.6 Å². The van der Waals surface area contributed by atoms with Crippen molar-refractivity contribution in [2.75, 3.05) is 5.73 Å². The molecule has 0 unspecified atom stereocenters. The van der Waals surface area contributed by atoms with Gasteiger partial charge >= 0.3 is 0 Å². The van der Waals surface area contributed by atoms with Gasteiger partial charge in [-0.2, -0.15) is 0 Å². The third-order valence-corrected chi connectivity index (χ3v) is 2.32. The largest absolute Gasteiger partial charge is 0.397 e. The second-order valence-corrected chi connectivity index (χ2v) is 3.19. The number of anilines is 1. The number of thiazole rings is 1. The Hall–Kier alpha value is -1.42. The van der Waals surface area contributed by atoms with Crippen LogP contribution in [0.3, 0.4) is 0 Å². The lowest BCUT2D eigenvalue weighted by Crippen LogP contribution is -1.89. The van der Waals surface area contributed by atoms with E-state index in [-0.39, 0.29) is 0 Å². The minimum atomic E-state index is 0.674. The van der Waals surface area contributed by atoms with Gasteiger partial charge in [0, 0.05) is 23.3 Å². The second kappa shape index (κ2) is 2.91. The van der Waals surface area contributed by atoms with Gasteiger partial charge in [0.05, 0.1) is 11.9 Å². The molecule has 0 bridgehead atoms. The minimum Gasteiger partial charge on any atom is -0.397 e. The van der Waals surface area contributed by atoms with E-state index < -0.39 is 0 Å². The van der Waals surface area contributed by atoms with Crippen LogP contribution in [0.4, 0.5) is 5.69 Å². The van der Waals surface area contributed by atoms with Crippen LogP contribution in [0.15, 0.2) is 30.0 Å². The summed E-state index contributed by atoms with van der Waals surface area (Å²) in [6.07, 6.45) is 5.11. The molecule has 0 amide bonds. The molecule has 3 nitrogen and oxygen atoms in total. The molecule has 0 radical (unpaired) electrons. The van der Waals surface area contributed by atoms with Crippen molar-refractivity contribution in [2.45, 2.75) is 0 Å². The monoisotopic (exact) mass is 177 g/mol. The first kappa shape index (κ1) is 7.24. The maximum absolute atomic E-state index is 5.72. The Morgan fingerprint density at radius 2 is 2.25 bits per heavy atom. The predicted molar refractivity (Wildman–Crippen MR) is 49.8 cm³/mol. The molecule has 0 atom stereocenters. The second-order valence-electron chi connectivity index (χ2n) is 2.30. The van der Waals surface area contributed by atoms with Crippen molar-refractivity contribution in [3.63, 3.8) is 0 Å². The van der Waals surface area contributed by atoms with Crippen LogP contribution in [0.5, 0.6) is 0 Å². The van der Waals surface area contributed by atoms with Gasteiger partial charge < -0.3 is 5.73 Å². The number of aromatic nitrogens is 2. The van der Waals surface area contributed by atoms with Crippen LogP contribution >= 0.6 is 11.3 Å². The zero-order valence-corrected chi connectivity index (χ0v) is 7.08. The van der Waals surface area contributed by atoms with Crippen LogP contribution in [0.25, 0.3) is 10.6 Å². The topological polar surface area (TPSA) is 51.8 Å². The van der Waals surface area contributed by atoms with E-state index in [2.05, 4.69) is 9.97 Å². The SMILES string of the molecule is Nc1cnccc1-c1nccs1. The number of pyridine rings is 1. The lowest BCUT2D eigenvalue weighted by Gasteiger charge is -1.98. The Labute approximate surface area is 73.9 Å². The molecule has 0 aliphatic rings. The van der Waals surface area contributed by atoms with E-state index >= 15 is 0 Å². The molecule has 12 heavy (non-hydrogen) atoms. The molecule has 0 spiro atoms. The highest BCUT2D eigenvalue weighted by Crippen LogP contribution is 2.25. The summed E-state index contributed by atoms with van der Waals surface area (Å²) in [4.78, 5) is 8.06. The molecule has 0 aromatic carbocycles. The molecule has 0 aliphatic carbocycles. The van der Waals surface area contributed by atoms with Gasteiger partial charge in [0.25, 0.3) is 0 Å². The maximum atomic E-state index is 5.72. The van der Waals surface area contributed by atoms with Gasteiger partial charge in [-0.1, -0.05) is 0 Å². The van der Waals surface area contributed by atoms with Crippen molar-refractivity contribution in [3.05, 3.63) is 30.0 Å². The highest BCUT2D eigenvalue weighted by Gasteiger charge is 2.02. The highest BCUT2D eigenvalue weighted by molar-refractivity contribution is 7.13. The molecular formula is C8H7N3S. The molecule has 2 aromatic heterocycles. The normalized spacial score (nSPS) is 10.0. The van der Waals surface area contributed by atoms with E-state index in [1.54, 1.807) is 29.9 Å². The van der Waals surface area contributed by atoms with Gasteiger partial charge in [0.1, 0.15) is 5.01 Å². The van der Waals surface area contributed by atoms with Crippen LogP contribution in [0, 0.1) is 0 Å². The van der Waals surface area contributed by atoms with Crippen LogP contribution in [-0.2, 0) is 0 Å². The van der Waals surface area contributed by atoms with E-state index in [4.69, 9.17) is 5.73 Å². The minimum absolute atomic E-state index is 0.674. The Balaban J connectivity index is 2.55. The summed E-state index contributed by atoms with van der Waals surface area (Å²) in [6.45, 7) is 0. The number of hydrogen-bond acceptors (Lipinski definition) is 4. The maximum Gasteiger partial charge on any atom is 0.125 e. The first-order chi connectivity index (χ1) is 5.88.